The van der Waals surface area contributed by atoms with Crippen LogP contribution in [-0.2, 0) is 0 Å². The second kappa shape index (κ2) is 5.14. The Morgan fingerprint density at radius 1 is 1.00 bits per heavy atom. The Morgan fingerprint density at radius 2 is 1.72 bits per heavy atom. The van der Waals surface area contributed by atoms with Crippen LogP contribution in [0.4, 0.5) is 8.78 Å². The molecule has 2 aromatic rings. The molecule has 0 spiro atoms. The molecule has 0 heterocycles. The molecule has 1 unspecified atom stereocenters. The van der Waals surface area contributed by atoms with E-state index >= 15 is 0 Å². The molecular formula is C14H13F2NO. The minimum atomic E-state index is -0.897. The second-order valence-electron chi connectivity index (χ2n) is 3.93. The van der Waals surface area contributed by atoms with E-state index in [9.17, 15) is 8.78 Å². The molecule has 0 aliphatic rings. The molecule has 0 radical (unpaired) electrons. The van der Waals surface area contributed by atoms with Gasteiger partial charge in [0.25, 0.3) is 0 Å². The number of methoxy groups -OCH3 is 1. The number of nitrogens with two attached hydrogens (primary N) is 1. The van der Waals surface area contributed by atoms with Crippen molar-refractivity contribution in [1.29, 1.82) is 0 Å². The summed E-state index contributed by atoms with van der Waals surface area (Å²) in [6.45, 7) is 0. The van der Waals surface area contributed by atoms with Gasteiger partial charge in [-0.05, 0) is 35.4 Å². The standard InChI is InChI=1S/C14H13F2NO/c1-18-11-4-2-3-9(7-11)14(17)10-5-6-12(15)13(16)8-10/h2-8,14H,17H2,1H3. The van der Waals surface area contributed by atoms with E-state index in [1.807, 2.05) is 6.07 Å². The average molecular weight is 249 g/mol. The van der Waals surface area contributed by atoms with Crippen LogP contribution >= 0.6 is 0 Å². The Hall–Kier alpha value is -1.94. The number of hydrogen-bond donors (Lipinski definition) is 1. The largest absolute Gasteiger partial charge is 0.497 e. The topological polar surface area (TPSA) is 35.2 Å². The van der Waals surface area contributed by atoms with Crippen molar-refractivity contribution in [2.24, 2.45) is 5.73 Å². The number of benzene rings is 2. The lowest BCUT2D eigenvalue weighted by molar-refractivity contribution is 0.414. The summed E-state index contributed by atoms with van der Waals surface area (Å²) in [5.74, 6) is -1.10. The summed E-state index contributed by atoms with van der Waals surface area (Å²) in [6.07, 6.45) is 0. The van der Waals surface area contributed by atoms with Crippen LogP contribution in [0.5, 0.6) is 5.75 Å². The van der Waals surface area contributed by atoms with Crippen molar-refractivity contribution in [3.05, 3.63) is 65.2 Å². The van der Waals surface area contributed by atoms with Crippen LogP contribution in [-0.4, -0.2) is 7.11 Å². The van der Waals surface area contributed by atoms with Crippen LogP contribution in [0.1, 0.15) is 17.2 Å². The molecule has 2 nitrogen and oxygen atoms in total. The van der Waals surface area contributed by atoms with Crippen molar-refractivity contribution >= 4 is 0 Å². The first-order valence-corrected chi connectivity index (χ1v) is 5.46. The summed E-state index contributed by atoms with van der Waals surface area (Å²) in [4.78, 5) is 0. The Bertz CT molecular complexity index is 557. The van der Waals surface area contributed by atoms with E-state index in [1.165, 1.54) is 6.07 Å². The van der Waals surface area contributed by atoms with Crippen molar-refractivity contribution in [2.75, 3.05) is 7.11 Å². The van der Waals surface area contributed by atoms with Gasteiger partial charge in [-0.15, -0.1) is 0 Å². The van der Waals surface area contributed by atoms with Gasteiger partial charge in [-0.25, -0.2) is 8.78 Å². The Labute approximate surface area is 104 Å². The van der Waals surface area contributed by atoms with Gasteiger partial charge in [-0.1, -0.05) is 18.2 Å². The third-order valence-electron chi connectivity index (χ3n) is 2.76. The lowest BCUT2D eigenvalue weighted by Crippen LogP contribution is -2.12. The minimum absolute atomic E-state index is 0.516. The highest BCUT2D eigenvalue weighted by atomic mass is 19.2. The molecule has 0 amide bonds. The number of hydrogen-bond acceptors (Lipinski definition) is 2. The van der Waals surface area contributed by atoms with E-state index in [2.05, 4.69) is 0 Å². The Balaban J connectivity index is 2.34. The molecule has 0 aliphatic carbocycles. The van der Waals surface area contributed by atoms with Crippen LogP contribution in [0.25, 0.3) is 0 Å². The molecule has 0 fully saturated rings. The maximum atomic E-state index is 13.1. The van der Waals surface area contributed by atoms with E-state index in [1.54, 1.807) is 25.3 Å². The summed E-state index contributed by atoms with van der Waals surface area (Å²) in [7, 11) is 1.56. The highest BCUT2D eigenvalue weighted by molar-refractivity contribution is 5.36. The predicted octanol–water partition coefficient (Wildman–Crippen LogP) is 3.02. The van der Waals surface area contributed by atoms with Gasteiger partial charge in [0, 0.05) is 0 Å². The van der Waals surface area contributed by atoms with E-state index in [0.717, 1.165) is 17.7 Å². The van der Waals surface area contributed by atoms with E-state index < -0.39 is 17.7 Å². The summed E-state index contributed by atoms with van der Waals surface area (Å²) in [6, 6.07) is 10.3. The molecule has 94 valence electrons. The molecule has 1 atom stereocenters. The third kappa shape index (κ3) is 2.49. The van der Waals surface area contributed by atoms with E-state index in [-0.39, 0.29) is 0 Å². The smallest absolute Gasteiger partial charge is 0.159 e. The molecule has 0 aliphatic heterocycles. The maximum absolute atomic E-state index is 13.1. The van der Waals surface area contributed by atoms with Gasteiger partial charge in [0.1, 0.15) is 5.75 Å². The predicted molar refractivity (Wildman–Crippen MR) is 65.4 cm³/mol. The van der Waals surface area contributed by atoms with Gasteiger partial charge in [-0.2, -0.15) is 0 Å². The quantitative estimate of drug-likeness (QED) is 0.907. The van der Waals surface area contributed by atoms with Gasteiger partial charge in [0.15, 0.2) is 11.6 Å². The summed E-state index contributed by atoms with van der Waals surface area (Å²) < 4.78 is 31.1. The van der Waals surface area contributed by atoms with Gasteiger partial charge >= 0.3 is 0 Å². The number of halogens is 2. The maximum Gasteiger partial charge on any atom is 0.159 e. The minimum Gasteiger partial charge on any atom is -0.497 e. The first kappa shape index (κ1) is 12.5. The fourth-order valence-corrected chi connectivity index (χ4v) is 1.73. The van der Waals surface area contributed by atoms with Gasteiger partial charge in [0.2, 0.25) is 0 Å². The van der Waals surface area contributed by atoms with Crippen LogP contribution in [0, 0.1) is 11.6 Å². The summed E-state index contributed by atoms with van der Waals surface area (Å²) in [5.41, 5.74) is 7.31. The molecular weight excluding hydrogens is 236 g/mol. The fraction of sp³-hybridized carbons (Fsp3) is 0.143. The van der Waals surface area contributed by atoms with Gasteiger partial charge in [-0.3, -0.25) is 0 Å². The SMILES string of the molecule is COc1cccc(C(N)c2ccc(F)c(F)c2)c1. The van der Waals surface area contributed by atoms with Crippen LogP contribution in [0.15, 0.2) is 42.5 Å². The van der Waals surface area contributed by atoms with Gasteiger partial charge in [0.05, 0.1) is 13.2 Å². The first-order chi connectivity index (χ1) is 8.61. The van der Waals surface area contributed by atoms with Crippen LogP contribution in [0.3, 0.4) is 0 Å². The molecule has 18 heavy (non-hydrogen) atoms. The van der Waals surface area contributed by atoms with E-state index in [4.69, 9.17) is 10.5 Å². The molecule has 2 rings (SSSR count). The number of ether oxygens (including phenoxy) is 1. The normalized spacial score (nSPS) is 12.2. The molecule has 2 N–H and O–H groups in total. The fourth-order valence-electron chi connectivity index (χ4n) is 1.73. The van der Waals surface area contributed by atoms with Crippen molar-refractivity contribution in [3.63, 3.8) is 0 Å². The zero-order valence-corrected chi connectivity index (χ0v) is 9.86. The Kier molecular flexibility index (Phi) is 3.58. The third-order valence-corrected chi connectivity index (χ3v) is 2.76. The van der Waals surface area contributed by atoms with Crippen molar-refractivity contribution in [1.82, 2.24) is 0 Å². The lowest BCUT2D eigenvalue weighted by Gasteiger charge is -2.13. The molecule has 0 bridgehead atoms. The molecule has 2 aromatic carbocycles. The molecule has 0 saturated heterocycles. The van der Waals surface area contributed by atoms with Gasteiger partial charge < -0.3 is 10.5 Å². The average Bonchev–Trinajstić information content (AvgIpc) is 2.41. The zero-order chi connectivity index (χ0) is 13.1. The molecule has 4 heteroatoms. The van der Waals surface area contributed by atoms with Crippen LogP contribution < -0.4 is 10.5 Å². The lowest BCUT2D eigenvalue weighted by atomic mass is 9.99. The highest BCUT2D eigenvalue weighted by Gasteiger charge is 2.12. The van der Waals surface area contributed by atoms with Crippen molar-refractivity contribution in [3.8, 4) is 5.75 Å². The monoisotopic (exact) mass is 249 g/mol. The zero-order valence-electron chi connectivity index (χ0n) is 9.86. The van der Waals surface area contributed by atoms with E-state index in [0.29, 0.717) is 11.3 Å². The highest BCUT2D eigenvalue weighted by Crippen LogP contribution is 2.24. The molecule has 0 aromatic heterocycles. The van der Waals surface area contributed by atoms with Crippen LogP contribution in [0.2, 0.25) is 0 Å². The summed E-state index contributed by atoms with van der Waals surface area (Å²) >= 11 is 0. The Morgan fingerprint density at radius 3 is 2.39 bits per heavy atom. The summed E-state index contributed by atoms with van der Waals surface area (Å²) in [5, 5.41) is 0. The number of rotatable bonds is 3. The van der Waals surface area contributed by atoms with Crippen molar-refractivity contribution in [2.45, 2.75) is 6.04 Å². The first-order valence-electron chi connectivity index (χ1n) is 5.46. The molecule has 0 saturated carbocycles. The van der Waals surface area contributed by atoms with Crippen molar-refractivity contribution < 1.29 is 13.5 Å². The second-order valence-corrected chi connectivity index (χ2v) is 3.93.